The Morgan fingerprint density at radius 3 is 2.16 bits per heavy atom. The van der Waals surface area contributed by atoms with Crippen LogP contribution in [0.1, 0.15) is 37.3 Å². The molecule has 3 heterocycles. The monoisotopic (exact) mass is 841 g/mol. The third-order valence-electron chi connectivity index (χ3n) is 10.3. The fourth-order valence-electron chi connectivity index (χ4n) is 6.88. The Bertz CT molecular complexity index is 1830. The van der Waals surface area contributed by atoms with Gasteiger partial charge in [-0.3, -0.25) is 5.10 Å². The summed E-state index contributed by atoms with van der Waals surface area (Å²) in [5.74, 6) is 0.649. The predicted molar refractivity (Wildman–Crippen MR) is 231 cm³/mol. The van der Waals surface area contributed by atoms with Crippen molar-refractivity contribution in [1.82, 2.24) is 19.9 Å². The molecule has 57 heavy (non-hydrogen) atoms. The van der Waals surface area contributed by atoms with E-state index in [0.717, 1.165) is 51.0 Å². The van der Waals surface area contributed by atoms with Crippen LogP contribution >= 0.6 is 11.8 Å². The zero-order valence-electron chi connectivity index (χ0n) is 35.6. The number of benzene rings is 1. The van der Waals surface area contributed by atoms with Crippen LogP contribution in [0.4, 0.5) is 5.82 Å². The van der Waals surface area contributed by atoms with Crippen LogP contribution in [0, 0.1) is 0 Å². The molecule has 4 aromatic rings. The van der Waals surface area contributed by atoms with Crippen molar-refractivity contribution < 1.29 is 37.7 Å². The quantitative estimate of drug-likeness (QED) is 0.0201. The van der Waals surface area contributed by atoms with Gasteiger partial charge in [0.05, 0.1) is 37.3 Å². The number of thioether (sulfide) groups is 1. The third kappa shape index (κ3) is 12.2. The molecule has 0 bridgehead atoms. The van der Waals surface area contributed by atoms with E-state index in [4.69, 9.17) is 38.5 Å². The van der Waals surface area contributed by atoms with Crippen LogP contribution in [0.5, 0.6) is 0 Å². The van der Waals surface area contributed by atoms with E-state index in [1.807, 2.05) is 53.6 Å². The van der Waals surface area contributed by atoms with Crippen LogP contribution in [0.3, 0.4) is 0 Å². The van der Waals surface area contributed by atoms with Gasteiger partial charge in [-0.15, -0.1) is 21.3 Å². The van der Waals surface area contributed by atoms with Crippen LogP contribution in [-0.2, 0) is 33.2 Å². The Hall–Kier alpha value is -3.10. The summed E-state index contributed by atoms with van der Waals surface area (Å²) in [5.41, 5.74) is 3.56. The second kappa shape index (κ2) is 20.7. The van der Waals surface area contributed by atoms with Gasteiger partial charge in [-0.25, -0.2) is 14.4 Å². The van der Waals surface area contributed by atoms with Gasteiger partial charge in [0.1, 0.15) is 17.2 Å². The number of hydrogen-bond acceptors (Lipinski definition) is 11. The minimum atomic E-state index is -1.31. The number of para-hydroxylation sites is 1. The van der Waals surface area contributed by atoms with Gasteiger partial charge in [0.2, 0.25) is 0 Å². The molecule has 0 atom stereocenters. The number of H-pyrrole nitrogens is 1. The maximum atomic E-state index is 13.6. The molecule has 0 saturated heterocycles. The van der Waals surface area contributed by atoms with E-state index in [1.54, 1.807) is 26.0 Å². The largest absolute Gasteiger partial charge is 0.461 e. The van der Waals surface area contributed by atoms with Crippen LogP contribution in [0.15, 0.2) is 53.8 Å². The third-order valence-corrected chi connectivity index (χ3v) is 14.5. The highest BCUT2D eigenvalue weighted by Gasteiger charge is 2.46. The lowest BCUT2D eigenvalue weighted by Gasteiger charge is -2.37. The number of anilines is 1. The zero-order valence-corrected chi connectivity index (χ0v) is 38.4. The number of aromatic nitrogens is 5. The molecule has 0 aliphatic heterocycles. The highest BCUT2D eigenvalue weighted by Crippen LogP contribution is 2.44. The normalized spacial score (nSPS) is 17.7. The van der Waals surface area contributed by atoms with Crippen molar-refractivity contribution in [2.24, 2.45) is 0 Å². The smallest absolute Gasteiger partial charge is 0.338 e. The molecular weight excluding hydrogens is 777 g/mol. The molecular formula is C41H65N6O7SSi2+. The number of nitrogens with one attached hydrogen (secondary N) is 1. The van der Waals surface area contributed by atoms with E-state index in [0.29, 0.717) is 72.2 Å². The molecule has 1 aliphatic carbocycles. The minimum absolute atomic E-state index is 0.0550. The van der Waals surface area contributed by atoms with Crippen molar-refractivity contribution in [2.75, 3.05) is 78.5 Å². The van der Waals surface area contributed by atoms with Crippen molar-refractivity contribution >= 4 is 45.3 Å². The first-order valence-corrected chi connectivity index (χ1v) is 28.7. The number of rotatable bonds is 23. The van der Waals surface area contributed by atoms with Crippen LogP contribution in [0.2, 0.25) is 51.4 Å². The van der Waals surface area contributed by atoms with Crippen LogP contribution < -0.4 is 9.42 Å². The number of hydrogen-bond donors (Lipinski definition) is 1. The standard InChI is InChI=1S/C41H64N6O7SSi2/c1-49-19-21-53-40(48)41(54-22-20-50-2)17-15-32(16-18-41)36-37(55-3)39(45(30-51-23-25-56(4,5)6)31-52-24-26-57(7,8)9)47-38(44-36)35(28-43-47)33-27-42-46(29-33)34-13-11-10-12-14-34/h10-14,27-29,32H,15-26,30-31H2,1-9H3/p+1. The summed E-state index contributed by atoms with van der Waals surface area (Å²) in [5, 5.41) is 8.29. The van der Waals surface area contributed by atoms with Gasteiger partial charge in [-0.1, -0.05) is 57.5 Å². The molecule has 16 heteroatoms. The van der Waals surface area contributed by atoms with Gasteiger partial charge in [0.25, 0.3) is 11.5 Å². The maximum absolute atomic E-state index is 13.6. The number of ether oxygens (including phenoxy) is 6. The van der Waals surface area contributed by atoms with Crippen molar-refractivity contribution in [2.45, 2.75) is 93.5 Å². The zero-order chi connectivity index (χ0) is 41.1. The predicted octanol–water partition coefficient (Wildman–Crippen LogP) is 7.40. The molecule has 5 rings (SSSR count). The summed E-state index contributed by atoms with van der Waals surface area (Å²) in [6.07, 6.45) is 10.4. The van der Waals surface area contributed by atoms with Gasteiger partial charge < -0.3 is 28.4 Å². The Labute approximate surface area is 345 Å². The summed E-state index contributed by atoms with van der Waals surface area (Å²) in [4.78, 5) is 22.4. The minimum Gasteiger partial charge on any atom is -0.461 e. The molecule has 1 saturated carbocycles. The maximum Gasteiger partial charge on any atom is 0.338 e. The highest BCUT2D eigenvalue weighted by atomic mass is 32.2. The van der Waals surface area contributed by atoms with E-state index in [1.165, 1.54) is 0 Å². The molecule has 13 nitrogen and oxygen atoms in total. The summed E-state index contributed by atoms with van der Waals surface area (Å²) >= 11 is 1.68. The van der Waals surface area contributed by atoms with Gasteiger partial charge in [-0.2, -0.15) is 5.10 Å². The number of nitrogens with zero attached hydrogens (tertiary/aromatic N) is 5. The second-order valence-electron chi connectivity index (χ2n) is 17.2. The Morgan fingerprint density at radius 2 is 1.56 bits per heavy atom. The molecule has 1 fully saturated rings. The summed E-state index contributed by atoms with van der Waals surface area (Å²) < 4.78 is 39.3. The van der Waals surface area contributed by atoms with Gasteiger partial charge in [0, 0.05) is 67.5 Å². The van der Waals surface area contributed by atoms with Crippen molar-refractivity contribution in [3.63, 3.8) is 0 Å². The number of carbonyl (C=O) groups is 1. The molecule has 0 spiro atoms. The number of aromatic amines is 1. The first-order chi connectivity index (χ1) is 27.3. The van der Waals surface area contributed by atoms with E-state index in [9.17, 15) is 4.79 Å². The second-order valence-corrected chi connectivity index (χ2v) is 29.2. The molecule has 1 aromatic carbocycles. The molecule has 1 aliphatic rings. The molecule has 0 amide bonds. The topological polar surface area (TPSA) is 126 Å². The first-order valence-electron chi connectivity index (χ1n) is 20.1. The van der Waals surface area contributed by atoms with Gasteiger partial charge in [0.15, 0.2) is 19.1 Å². The molecule has 0 unspecified atom stereocenters. The molecule has 3 aromatic heterocycles. The molecule has 314 valence electrons. The lowest BCUT2D eigenvalue weighted by atomic mass is 9.77. The highest BCUT2D eigenvalue weighted by molar-refractivity contribution is 7.98. The SMILES string of the molecule is COCCOC(=O)C1(OCCOC)CCC(c2nc3c(-c4cnn(-c5ccccc5)c4)c[nH][n+]3c(N(COCC[Si](C)(C)C)COCC[Si](C)(C)C)c2SC)CC1. The summed E-state index contributed by atoms with van der Waals surface area (Å²) in [7, 11) is 0.600. The fraction of sp³-hybridized carbons (Fsp3) is 0.610. The Kier molecular flexibility index (Phi) is 16.4. The average molecular weight is 842 g/mol. The van der Waals surface area contributed by atoms with Crippen LogP contribution in [-0.4, -0.2) is 121 Å². The van der Waals surface area contributed by atoms with Gasteiger partial charge >= 0.3 is 5.97 Å². The van der Waals surface area contributed by atoms with Crippen molar-refractivity contribution in [3.05, 3.63) is 54.6 Å². The Balaban J connectivity index is 1.57. The molecule has 1 N–H and O–H groups in total. The summed E-state index contributed by atoms with van der Waals surface area (Å²) in [6, 6.07) is 12.2. The van der Waals surface area contributed by atoms with E-state index >= 15 is 0 Å². The number of carbonyl (C=O) groups excluding carboxylic acids is 1. The molecule has 0 radical (unpaired) electrons. The summed E-state index contributed by atoms with van der Waals surface area (Å²) in [6.45, 7) is 17.5. The number of methoxy groups -OCH3 is 2. The van der Waals surface area contributed by atoms with E-state index < -0.39 is 21.7 Å². The Morgan fingerprint density at radius 1 is 0.930 bits per heavy atom. The number of fused-ring (bicyclic) bond motifs is 1. The lowest BCUT2D eigenvalue weighted by Crippen LogP contribution is -2.47. The lowest BCUT2D eigenvalue weighted by molar-refractivity contribution is -0.568. The number of esters is 1. The fourth-order valence-corrected chi connectivity index (χ4v) is 9.22. The van der Waals surface area contributed by atoms with E-state index in [-0.39, 0.29) is 18.5 Å². The van der Waals surface area contributed by atoms with Crippen molar-refractivity contribution in [3.8, 4) is 16.8 Å². The van der Waals surface area contributed by atoms with Crippen LogP contribution in [0.25, 0.3) is 22.5 Å². The first kappa shape index (κ1) is 45.0. The van der Waals surface area contributed by atoms with E-state index in [2.05, 4.69) is 60.1 Å². The average Bonchev–Trinajstić information content (AvgIpc) is 3.84. The van der Waals surface area contributed by atoms with Gasteiger partial charge in [-0.05, 0) is 56.2 Å². The van der Waals surface area contributed by atoms with Crippen molar-refractivity contribution in [1.29, 1.82) is 0 Å².